The second-order valence-electron chi connectivity index (χ2n) is 5.22. The predicted octanol–water partition coefficient (Wildman–Crippen LogP) is 0.517. The maximum atomic E-state index is 11.9. The van der Waals surface area contributed by atoms with E-state index in [0.29, 0.717) is 26.2 Å². The molecule has 7 heteroatoms. The first-order valence-corrected chi connectivity index (χ1v) is 6.70. The number of hydrogen-bond acceptors (Lipinski definition) is 4. The third-order valence-corrected chi connectivity index (χ3v) is 3.83. The number of piperazine rings is 1. The Balaban J connectivity index is 1.93. The van der Waals surface area contributed by atoms with E-state index in [-0.39, 0.29) is 12.1 Å². The van der Waals surface area contributed by atoms with Gasteiger partial charge in [-0.15, -0.1) is 0 Å². The van der Waals surface area contributed by atoms with E-state index in [2.05, 4.69) is 0 Å². The molecule has 0 aliphatic carbocycles. The van der Waals surface area contributed by atoms with Crippen LogP contribution in [0.1, 0.15) is 20.8 Å². The molecule has 2 atom stereocenters. The summed E-state index contributed by atoms with van der Waals surface area (Å²) in [6.45, 7) is 7.54. The van der Waals surface area contributed by atoms with Crippen molar-refractivity contribution in [3.8, 4) is 0 Å². The van der Waals surface area contributed by atoms with Gasteiger partial charge in [0.05, 0.1) is 12.6 Å². The van der Waals surface area contributed by atoms with Crippen LogP contribution in [0.15, 0.2) is 0 Å². The molecule has 2 saturated heterocycles. The number of fused-ring (bicyclic) bond motifs is 1. The van der Waals surface area contributed by atoms with Crippen molar-refractivity contribution in [2.75, 3.05) is 26.2 Å². The molecule has 1 amide bonds. The summed E-state index contributed by atoms with van der Waals surface area (Å²) in [5.74, 6) is 0. The van der Waals surface area contributed by atoms with Gasteiger partial charge in [-0.2, -0.15) is 4.31 Å². The smallest absolute Gasteiger partial charge is 0.410 e. The molecule has 0 saturated carbocycles. The minimum Gasteiger partial charge on any atom is -0.444 e. The van der Waals surface area contributed by atoms with E-state index in [9.17, 15) is 9.00 Å². The minimum absolute atomic E-state index is 0.0251. The fourth-order valence-corrected chi connectivity index (χ4v) is 2.88. The monoisotopic (exact) mass is 262 g/mol. The van der Waals surface area contributed by atoms with Crippen LogP contribution in [0.4, 0.5) is 4.79 Å². The van der Waals surface area contributed by atoms with Gasteiger partial charge < -0.3 is 9.64 Å². The normalized spacial score (nSPS) is 30.2. The number of carbonyl (C=O) groups excluding carboxylic acids is 1. The first kappa shape index (κ1) is 12.8. The molecule has 0 radical (unpaired) electrons. The molecular formula is C10H18N2O4S. The van der Waals surface area contributed by atoms with Gasteiger partial charge in [0.15, 0.2) is 0 Å². The van der Waals surface area contributed by atoms with E-state index in [1.807, 2.05) is 20.8 Å². The molecule has 0 N–H and O–H groups in total. The van der Waals surface area contributed by atoms with Crippen LogP contribution in [0.2, 0.25) is 0 Å². The summed E-state index contributed by atoms with van der Waals surface area (Å²) >= 11 is -1.33. The third kappa shape index (κ3) is 2.97. The van der Waals surface area contributed by atoms with Crippen LogP contribution in [0.25, 0.3) is 0 Å². The standard InChI is InChI=1S/C10H18N2O4S/c1-10(2,3)16-9(13)11-4-5-12-8(6-11)7-15-17(12)14/h8H,4-7H2,1-3H3/t8?,17-/m1/s1. The molecule has 2 rings (SSSR count). The van der Waals surface area contributed by atoms with Crippen LogP contribution in [0, 0.1) is 0 Å². The highest BCUT2D eigenvalue weighted by Gasteiger charge is 2.39. The molecule has 2 fully saturated rings. The van der Waals surface area contributed by atoms with Crippen molar-refractivity contribution in [2.24, 2.45) is 0 Å². The van der Waals surface area contributed by atoms with Gasteiger partial charge in [-0.25, -0.2) is 9.00 Å². The number of nitrogens with zero attached hydrogens (tertiary/aromatic N) is 2. The van der Waals surface area contributed by atoms with Crippen molar-refractivity contribution in [3.05, 3.63) is 0 Å². The predicted molar refractivity (Wildman–Crippen MR) is 62.4 cm³/mol. The Morgan fingerprint density at radius 2 is 2.12 bits per heavy atom. The highest BCUT2D eigenvalue weighted by atomic mass is 32.2. The zero-order chi connectivity index (χ0) is 12.6. The Morgan fingerprint density at radius 1 is 1.41 bits per heavy atom. The Kier molecular flexibility index (Phi) is 3.42. The van der Waals surface area contributed by atoms with Crippen LogP contribution in [-0.4, -0.2) is 57.4 Å². The SMILES string of the molecule is CC(C)(C)OC(=O)N1CCN2C(CO[S@]2=O)C1. The largest absolute Gasteiger partial charge is 0.444 e. The van der Waals surface area contributed by atoms with E-state index in [4.69, 9.17) is 8.92 Å². The van der Waals surface area contributed by atoms with Crippen LogP contribution < -0.4 is 0 Å². The summed E-state index contributed by atoms with van der Waals surface area (Å²) < 4.78 is 23.5. The lowest BCUT2D eigenvalue weighted by Crippen LogP contribution is -2.53. The molecular weight excluding hydrogens is 244 g/mol. The Labute approximate surface area is 104 Å². The van der Waals surface area contributed by atoms with Crippen molar-refractivity contribution in [1.82, 2.24) is 9.21 Å². The first-order chi connectivity index (χ1) is 7.87. The van der Waals surface area contributed by atoms with Crippen molar-refractivity contribution < 1.29 is 17.9 Å². The zero-order valence-electron chi connectivity index (χ0n) is 10.3. The Bertz CT molecular complexity index is 342. The molecule has 0 bridgehead atoms. The van der Waals surface area contributed by atoms with Gasteiger partial charge in [0.1, 0.15) is 5.60 Å². The number of carbonyl (C=O) groups is 1. The molecule has 2 aliphatic rings. The molecule has 1 unspecified atom stereocenters. The maximum Gasteiger partial charge on any atom is 0.410 e. The van der Waals surface area contributed by atoms with E-state index < -0.39 is 16.9 Å². The van der Waals surface area contributed by atoms with Crippen LogP contribution >= 0.6 is 0 Å². The van der Waals surface area contributed by atoms with Gasteiger partial charge in [-0.3, -0.25) is 4.18 Å². The summed E-state index contributed by atoms with van der Waals surface area (Å²) in [4.78, 5) is 13.5. The molecule has 98 valence electrons. The van der Waals surface area contributed by atoms with Crippen molar-refractivity contribution in [2.45, 2.75) is 32.4 Å². The van der Waals surface area contributed by atoms with E-state index in [1.54, 1.807) is 9.21 Å². The van der Waals surface area contributed by atoms with Gasteiger partial charge in [-0.05, 0) is 20.8 Å². The molecule has 0 aromatic rings. The van der Waals surface area contributed by atoms with E-state index in [0.717, 1.165) is 0 Å². The van der Waals surface area contributed by atoms with Crippen LogP contribution in [0.3, 0.4) is 0 Å². The fraction of sp³-hybridized carbons (Fsp3) is 0.900. The molecule has 2 heterocycles. The van der Waals surface area contributed by atoms with Crippen LogP contribution in [0.5, 0.6) is 0 Å². The Morgan fingerprint density at radius 3 is 2.76 bits per heavy atom. The van der Waals surface area contributed by atoms with E-state index >= 15 is 0 Å². The van der Waals surface area contributed by atoms with Crippen molar-refractivity contribution >= 4 is 17.4 Å². The topological polar surface area (TPSA) is 59.1 Å². The highest BCUT2D eigenvalue weighted by Crippen LogP contribution is 2.21. The van der Waals surface area contributed by atoms with Crippen molar-refractivity contribution in [1.29, 1.82) is 0 Å². The van der Waals surface area contributed by atoms with Gasteiger partial charge in [0, 0.05) is 19.6 Å². The van der Waals surface area contributed by atoms with Crippen LogP contribution in [-0.2, 0) is 20.2 Å². The maximum absolute atomic E-state index is 11.9. The lowest BCUT2D eigenvalue weighted by atomic mass is 10.2. The minimum atomic E-state index is -1.33. The zero-order valence-corrected chi connectivity index (χ0v) is 11.2. The highest BCUT2D eigenvalue weighted by molar-refractivity contribution is 7.78. The number of ether oxygens (including phenoxy) is 1. The van der Waals surface area contributed by atoms with Gasteiger partial charge in [0.2, 0.25) is 11.3 Å². The van der Waals surface area contributed by atoms with Gasteiger partial charge in [-0.1, -0.05) is 0 Å². The summed E-state index contributed by atoms with van der Waals surface area (Å²) in [5.41, 5.74) is -0.483. The average Bonchev–Trinajstić information content (AvgIpc) is 2.57. The molecule has 0 aromatic carbocycles. The molecule has 6 nitrogen and oxygen atoms in total. The number of hydrogen-bond donors (Lipinski definition) is 0. The molecule has 0 aromatic heterocycles. The summed E-state index contributed by atoms with van der Waals surface area (Å²) in [6.07, 6.45) is -0.310. The lowest BCUT2D eigenvalue weighted by molar-refractivity contribution is 0.0143. The molecule has 0 spiro atoms. The first-order valence-electron chi connectivity index (χ1n) is 5.66. The summed E-state index contributed by atoms with van der Waals surface area (Å²) in [6, 6.07) is 0.0251. The second-order valence-corrected chi connectivity index (χ2v) is 6.36. The third-order valence-electron chi connectivity index (χ3n) is 2.63. The van der Waals surface area contributed by atoms with E-state index in [1.165, 1.54) is 0 Å². The fourth-order valence-electron chi connectivity index (χ4n) is 1.87. The van der Waals surface area contributed by atoms with Gasteiger partial charge in [0.25, 0.3) is 0 Å². The van der Waals surface area contributed by atoms with Gasteiger partial charge >= 0.3 is 6.09 Å². The second kappa shape index (κ2) is 4.55. The lowest BCUT2D eigenvalue weighted by Gasteiger charge is -2.35. The quantitative estimate of drug-likeness (QED) is 0.638. The summed E-state index contributed by atoms with van der Waals surface area (Å²) in [7, 11) is 0. The average molecular weight is 262 g/mol. The molecule has 2 aliphatic heterocycles. The Hall–Kier alpha value is -0.660. The number of rotatable bonds is 0. The van der Waals surface area contributed by atoms with Crippen molar-refractivity contribution in [3.63, 3.8) is 0 Å². The number of amides is 1. The summed E-state index contributed by atoms with van der Waals surface area (Å²) in [5, 5.41) is 0. The molecule has 17 heavy (non-hydrogen) atoms.